The van der Waals surface area contributed by atoms with Crippen LogP contribution in [-0.4, -0.2) is 42.4 Å². The van der Waals surface area contributed by atoms with Crippen molar-refractivity contribution in [2.24, 2.45) is 0 Å². The third-order valence-electron chi connectivity index (χ3n) is 3.57. The second-order valence-corrected chi connectivity index (χ2v) is 5.09. The molecule has 0 spiro atoms. The lowest BCUT2D eigenvalue weighted by Crippen LogP contribution is -2.43. The molecule has 0 saturated carbocycles. The van der Waals surface area contributed by atoms with Crippen LogP contribution < -0.4 is 0 Å². The third-order valence-corrected chi connectivity index (χ3v) is 3.57. The highest BCUT2D eigenvalue weighted by Gasteiger charge is 2.21. The quantitative estimate of drug-likeness (QED) is 0.887. The van der Waals surface area contributed by atoms with Gasteiger partial charge in [-0.05, 0) is 18.9 Å². The first-order valence-electron chi connectivity index (χ1n) is 6.77. The molecule has 0 amide bonds. The van der Waals surface area contributed by atoms with E-state index in [0.29, 0.717) is 12.6 Å². The fourth-order valence-electron chi connectivity index (χ4n) is 2.33. The predicted molar refractivity (Wildman–Crippen MR) is 72.6 cm³/mol. The van der Waals surface area contributed by atoms with Crippen LogP contribution in [0.1, 0.15) is 30.6 Å². The predicted octanol–water partition coefficient (Wildman–Crippen LogP) is 2.14. The van der Waals surface area contributed by atoms with Crippen LogP contribution in [0, 0.1) is 6.92 Å². The Balaban J connectivity index is 1.90. The molecule has 2 rings (SSSR count). The van der Waals surface area contributed by atoms with Crippen molar-refractivity contribution in [2.75, 3.05) is 26.2 Å². The van der Waals surface area contributed by atoms with Crippen molar-refractivity contribution in [2.45, 2.75) is 32.5 Å². The molecule has 2 atom stereocenters. The number of rotatable bonds is 4. The average Bonchev–Trinajstić information content (AvgIpc) is 2.39. The Kier molecular flexibility index (Phi) is 4.75. The summed E-state index contributed by atoms with van der Waals surface area (Å²) in [6, 6.07) is 8.12. The molecule has 1 aliphatic heterocycles. The van der Waals surface area contributed by atoms with Crippen LogP contribution in [0.2, 0.25) is 0 Å². The molecule has 0 radical (unpaired) electrons. The summed E-state index contributed by atoms with van der Waals surface area (Å²) in [4.78, 5) is 2.29. The third kappa shape index (κ3) is 3.55. The second kappa shape index (κ2) is 6.32. The minimum Gasteiger partial charge on any atom is -0.387 e. The molecule has 1 aromatic carbocycles. The van der Waals surface area contributed by atoms with Crippen LogP contribution in [0.5, 0.6) is 0 Å². The van der Waals surface area contributed by atoms with Gasteiger partial charge in [-0.2, -0.15) is 0 Å². The summed E-state index contributed by atoms with van der Waals surface area (Å²) in [6.07, 6.45) is 0.960. The van der Waals surface area contributed by atoms with Crippen molar-refractivity contribution in [1.29, 1.82) is 0 Å². The lowest BCUT2D eigenvalue weighted by molar-refractivity contribution is -0.0418. The summed E-state index contributed by atoms with van der Waals surface area (Å²) in [5.41, 5.74) is 2.23. The maximum atomic E-state index is 10.2. The van der Waals surface area contributed by atoms with Gasteiger partial charge in [-0.3, -0.25) is 4.90 Å². The first-order chi connectivity index (χ1) is 8.69. The minimum atomic E-state index is -0.402. The Morgan fingerprint density at radius 1 is 1.39 bits per heavy atom. The van der Waals surface area contributed by atoms with E-state index in [1.165, 1.54) is 5.56 Å². The van der Waals surface area contributed by atoms with Crippen LogP contribution in [0.4, 0.5) is 0 Å². The number of nitrogens with zero attached hydrogens (tertiary/aromatic N) is 1. The van der Waals surface area contributed by atoms with Gasteiger partial charge in [0.25, 0.3) is 0 Å². The molecule has 0 aliphatic carbocycles. The zero-order valence-electron chi connectivity index (χ0n) is 11.3. The first kappa shape index (κ1) is 13.5. The molecule has 3 heteroatoms. The number of hydrogen-bond acceptors (Lipinski definition) is 3. The van der Waals surface area contributed by atoms with Crippen LogP contribution in [0.25, 0.3) is 0 Å². The lowest BCUT2D eigenvalue weighted by Gasteiger charge is -2.33. The number of benzene rings is 1. The standard InChI is InChI=1S/C15H23NO2/c1-3-14-10-16(8-9-18-14)11-15(17)13-6-4-12(2)5-7-13/h4-7,14-15,17H,3,8-11H2,1-2H3. The van der Waals surface area contributed by atoms with E-state index in [1.54, 1.807) is 0 Å². The summed E-state index contributed by atoms with van der Waals surface area (Å²) >= 11 is 0. The Bertz CT molecular complexity index is 363. The molecule has 1 aliphatic rings. The second-order valence-electron chi connectivity index (χ2n) is 5.09. The highest BCUT2D eigenvalue weighted by molar-refractivity contribution is 5.23. The fraction of sp³-hybridized carbons (Fsp3) is 0.600. The number of ether oxygens (including phenoxy) is 1. The normalized spacial score (nSPS) is 22.9. The fourth-order valence-corrected chi connectivity index (χ4v) is 2.33. The Hall–Kier alpha value is -0.900. The van der Waals surface area contributed by atoms with Crippen molar-refractivity contribution >= 4 is 0 Å². The van der Waals surface area contributed by atoms with Gasteiger partial charge in [0.1, 0.15) is 0 Å². The molecule has 1 heterocycles. The maximum absolute atomic E-state index is 10.2. The number of aryl methyl sites for hydroxylation is 1. The Morgan fingerprint density at radius 2 is 2.11 bits per heavy atom. The van der Waals surface area contributed by atoms with E-state index in [2.05, 4.69) is 18.7 Å². The van der Waals surface area contributed by atoms with Crippen LogP contribution in [0.3, 0.4) is 0 Å². The number of β-amino-alcohol motifs (C(OH)–C–C–N with tert-alkyl or cyclic N) is 1. The van der Waals surface area contributed by atoms with Gasteiger partial charge in [-0.15, -0.1) is 0 Å². The molecule has 18 heavy (non-hydrogen) atoms. The summed E-state index contributed by atoms with van der Waals surface area (Å²) in [5.74, 6) is 0. The molecule has 1 N–H and O–H groups in total. The topological polar surface area (TPSA) is 32.7 Å². The van der Waals surface area contributed by atoms with Gasteiger partial charge >= 0.3 is 0 Å². The van der Waals surface area contributed by atoms with Crippen molar-refractivity contribution in [3.05, 3.63) is 35.4 Å². The zero-order valence-corrected chi connectivity index (χ0v) is 11.3. The van der Waals surface area contributed by atoms with Gasteiger partial charge in [0.2, 0.25) is 0 Å². The Morgan fingerprint density at radius 3 is 2.78 bits per heavy atom. The van der Waals surface area contributed by atoms with E-state index < -0.39 is 6.10 Å². The number of aliphatic hydroxyl groups is 1. The smallest absolute Gasteiger partial charge is 0.0916 e. The van der Waals surface area contributed by atoms with E-state index in [1.807, 2.05) is 24.3 Å². The molecular formula is C15H23NO2. The molecule has 2 unspecified atom stereocenters. The summed E-state index contributed by atoms with van der Waals surface area (Å²) < 4.78 is 5.64. The molecule has 100 valence electrons. The molecule has 1 fully saturated rings. The van der Waals surface area contributed by atoms with Crippen LogP contribution in [0.15, 0.2) is 24.3 Å². The van der Waals surface area contributed by atoms with Gasteiger partial charge in [-0.25, -0.2) is 0 Å². The average molecular weight is 249 g/mol. The van der Waals surface area contributed by atoms with Crippen molar-refractivity contribution in [3.63, 3.8) is 0 Å². The highest BCUT2D eigenvalue weighted by Crippen LogP contribution is 2.17. The van der Waals surface area contributed by atoms with Gasteiger partial charge in [0.05, 0.1) is 18.8 Å². The van der Waals surface area contributed by atoms with Gasteiger partial charge in [0, 0.05) is 19.6 Å². The van der Waals surface area contributed by atoms with Crippen molar-refractivity contribution in [3.8, 4) is 0 Å². The Labute approximate surface area is 109 Å². The summed E-state index contributed by atoms with van der Waals surface area (Å²) in [6.45, 7) is 7.52. The number of hydrogen-bond donors (Lipinski definition) is 1. The summed E-state index contributed by atoms with van der Waals surface area (Å²) in [7, 11) is 0. The molecule has 1 saturated heterocycles. The molecule has 0 aromatic heterocycles. The largest absolute Gasteiger partial charge is 0.387 e. The van der Waals surface area contributed by atoms with E-state index in [-0.39, 0.29) is 0 Å². The first-order valence-corrected chi connectivity index (χ1v) is 6.77. The maximum Gasteiger partial charge on any atom is 0.0916 e. The monoisotopic (exact) mass is 249 g/mol. The minimum absolute atomic E-state index is 0.323. The van der Waals surface area contributed by atoms with E-state index in [0.717, 1.165) is 31.7 Å². The molecule has 0 bridgehead atoms. The van der Waals surface area contributed by atoms with Crippen molar-refractivity contribution in [1.82, 2.24) is 4.90 Å². The molecule has 1 aromatic rings. The van der Waals surface area contributed by atoms with E-state index in [9.17, 15) is 5.11 Å². The van der Waals surface area contributed by atoms with Gasteiger partial charge in [0.15, 0.2) is 0 Å². The molecular weight excluding hydrogens is 226 g/mol. The van der Waals surface area contributed by atoms with Crippen LogP contribution in [-0.2, 0) is 4.74 Å². The summed E-state index contributed by atoms with van der Waals surface area (Å²) in [5, 5.41) is 10.2. The SMILES string of the molecule is CCC1CN(CC(O)c2ccc(C)cc2)CCO1. The van der Waals surface area contributed by atoms with E-state index in [4.69, 9.17) is 4.74 Å². The number of morpholine rings is 1. The zero-order chi connectivity index (χ0) is 13.0. The van der Waals surface area contributed by atoms with Crippen LogP contribution >= 0.6 is 0 Å². The highest BCUT2D eigenvalue weighted by atomic mass is 16.5. The van der Waals surface area contributed by atoms with Gasteiger partial charge < -0.3 is 9.84 Å². The van der Waals surface area contributed by atoms with Gasteiger partial charge in [-0.1, -0.05) is 36.8 Å². The van der Waals surface area contributed by atoms with E-state index >= 15 is 0 Å². The lowest BCUT2D eigenvalue weighted by atomic mass is 10.1. The molecule has 3 nitrogen and oxygen atoms in total. The van der Waals surface area contributed by atoms with Crippen molar-refractivity contribution < 1.29 is 9.84 Å². The number of aliphatic hydroxyl groups excluding tert-OH is 1.